The summed E-state index contributed by atoms with van der Waals surface area (Å²) < 4.78 is 10.8. The molecule has 0 heterocycles. The molecule has 3 heteroatoms. The molecule has 0 atom stereocenters. The first kappa shape index (κ1) is 20.5. The molecule has 0 aliphatic heterocycles. The van der Waals surface area contributed by atoms with E-state index >= 15 is 0 Å². The van der Waals surface area contributed by atoms with Gasteiger partial charge in [0.25, 0.3) is 0 Å². The van der Waals surface area contributed by atoms with Crippen LogP contribution in [0.25, 0.3) is 0 Å². The Bertz CT molecular complexity index is 581. The summed E-state index contributed by atoms with van der Waals surface area (Å²) in [7, 11) is 3.30. The summed E-state index contributed by atoms with van der Waals surface area (Å²) in [6.45, 7) is 2.30. The van der Waals surface area contributed by atoms with E-state index < -0.39 is 5.60 Å². The van der Waals surface area contributed by atoms with Crippen LogP contribution in [0, 0.1) is 17.8 Å². The Kier molecular flexibility index (Phi) is 7.08. The van der Waals surface area contributed by atoms with E-state index in [9.17, 15) is 5.11 Å². The average Bonchev–Trinajstić information content (AvgIpc) is 2.72. The Labute approximate surface area is 165 Å². The molecule has 0 bridgehead atoms. The predicted octanol–water partition coefficient (Wildman–Crippen LogP) is 6.08. The lowest BCUT2D eigenvalue weighted by Gasteiger charge is -2.41. The van der Waals surface area contributed by atoms with Crippen molar-refractivity contribution in [2.45, 2.75) is 83.2 Å². The number of ether oxygens (including phenoxy) is 2. The van der Waals surface area contributed by atoms with Crippen molar-refractivity contribution in [1.29, 1.82) is 0 Å². The molecule has 2 saturated carbocycles. The number of unbranched alkanes of at least 4 members (excludes halogenated alkanes) is 1. The molecular formula is C24H38O3. The van der Waals surface area contributed by atoms with E-state index in [-0.39, 0.29) is 0 Å². The molecule has 3 rings (SSSR count). The summed E-state index contributed by atoms with van der Waals surface area (Å²) in [6.07, 6.45) is 13.9. The molecule has 1 aromatic carbocycles. The van der Waals surface area contributed by atoms with Gasteiger partial charge in [-0.1, -0.05) is 45.1 Å². The van der Waals surface area contributed by atoms with Crippen molar-refractivity contribution >= 4 is 0 Å². The maximum absolute atomic E-state index is 11.3. The van der Waals surface area contributed by atoms with Crippen molar-refractivity contribution in [3.05, 3.63) is 23.8 Å². The van der Waals surface area contributed by atoms with Crippen LogP contribution >= 0.6 is 0 Å². The van der Waals surface area contributed by atoms with Crippen molar-refractivity contribution in [1.82, 2.24) is 0 Å². The highest BCUT2D eigenvalue weighted by atomic mass is 16.5. The summed E-state index contributed by atoms with van der Waals surface area (Å²) >= 11 is 0. The van der Waals surface area contributed by atoms with Gasteiger partial charge in [-0.15, -0.1) is 0 Å². The zero-order valence-corrected chi connectivity index (χ0v) is 17.5. The molecule has 0 amide bonds. The van der Waals surface area contributed by atoms with Gasteiger partial charge in [-0.2, -0.15) is 0 Å². The third-order valence-electron chi connectivity index (χ3n) is 7.30. The van der Waals surface area contributed by atoms with E-state index in [0.29, 0.717) is 5.75 Å². The van der Waals surface area contributed by atoms with Crippen molar-refractivity contribution in [3.63, 3.8) is 0 Å². The van der Waals surface area contributed by atoms with Crippen LogP contribution in [-0.4, -0.2) is 19.3 Å². The van der Waals surface area contributed by atoms with Crippen LogP contribution in [0.1, 0.15) is 83.1 Å². The molecule has 3 nitrogen and oxygen atoms in total. The van der Waals surface area contributed by atoms with Crippen LogP contribution in [-0.2, 0) is 5.60 Å². The van der Waals surface area contributed by atoms with Gasteiger partial charge in [0.2, 0.25) is 0 Å². The van der Waals surface area contributed by atoms with E-state index in [1.54, 1.807) is 14.2 Å². The maximum atomic E-state index is 11.3. The van der Waals surface area contributed by atoms with Gasteiger partial charge in [-0.3, -0.25) is 0 Å². The first-order valence-corrected chi connectivity index (χ1v) is 11.0. The number of aliphatic hydroxyl groups is 1. The zero-order valence-electron chi connectivity index (χ0n) is 17.5. The molecule has 2 fully saturated rings. The quantitative estimate of drug-likeness (QED) is 0.629. The fourth-order valence-electron chi connectivity index (χ4n) is 5.44. The molecule has 152 valence electrons. The lowest BCUT2D eigenvalue weighted by atomic mass is 9.66. The molecule has 27 heavy (non-hydrogen) atoms. The molecule has 0 saturated heterocycles. The van der Waals surface area contributed by atoms with Crippen LogP contribution in [0.5, 0.6) is 11.5 Å². The Morgan fingerprint density at radius 3 is 2.15 bits per heavy atom. The van der Waals surface area contributed by atoms with Gasteiger partial charge in [-0.25, -0.2) is 0 Å². The number of rotatable bonds is 7. The third kappa shape index (κ3) is 4.80. The Morgan fingerprint density at radius 1 is 0.926 bits per heavy atom. The van der Waals surface area contributed by atoms with E-state index in [2.05, 4.69) is 6.92 Å². The van der Waals surface area contributed by atoms with Gasteiger partial charge in [0, 0.05) is 0 Å². The second kappa shape index (κ2) is 9.32. The first-order chi connectivity index (χ1) is 13.1. The smallest absolute Gasteiger partial charge is 0.161 e. The highest BCUT2D eigenvalue weighted by Gasteiger charge is 2.38. The number of hydrogen-bond donors (Lipinski definition) is 1. The summed E-state index contributed by atoms with van der Waals surface area (Å²) in [5.41, 5.74) is 0.260. The van der Waals surface area contributed by atoms with Crippen LogP contribution in [0.4, 0.5) is 0 Å². The minimum atomic E-state index is -0.714. The largest absolute Gasteiger partial charge is 0.493 e. The fourth-order valence-corrected chi connectivity index (χ4v) is 5.44. The highest BCUT2D eigenvalue weighted by Crippen LogP contribution is 2.47. The van der Waals surface area contributed by atoms with Gasteiger partial charge in [0.15, 0.2) is 11.5 Å². The van der Waals surface area contributed by atoms with Gasteiger partial charge < -0.3 is 14.6 Å². The predicted molar refractivity (Wildman–Crippen MR) is 110 cm³/mol. The van der Waals surface area contributed by atoms with Crippen LogP contribution in [0.15, 0.2) is 18.2 Å². The van der Waals surface area contributed by atoms with E-state index in [1.807, 2.05) is 18.2 Å². The van der Waals surface area contributed by atoms with Gasteiger partial charge >= 0.3 is 0 Å². The number of benzene rings is 1. The molecule has 0 unspecified atom stereocenters. The number of methoxy groups -OCH3 is 2. The van der Waals surface area contributed by atoms with Crippen LogP contribution in [0.3, 0.4) is 0 Å². The monoisotopic (exact) mass is 374 g/mol. The van der Waals surface area contributed by atoms with Crippen molar-refractivity contribution < 1.29 is 14.6 Å². The highest BCUT2D eigenvalue weighted by molar-refractivity contribution is 5.44. The van der Waals surface area contributed by atoms with Gasteiger partial charge in [-0.05, 0) is 74.0 Å². The SMILES string of the molecule is CCCCC1CCC(C2CCC(O)(c3ccc(OC)c(OC)c3)CC2)CC1. The third-order valence-corrected chi connectivity index (χ3v) is 7.30. The van der Waals surface area contributed by atoms with Gasteiger partial charge in [0.05, 0.1) is 19.8 Å². The normalized spacial score (nSPS) is 31.5. The first-order valence-electron chi connectivity index (χ1n) is 11.0. The lowest BCUT2D eigenvalue weighted by molar-refractivity contribution is -0.0262. The van der Waals surface area contributed by atoms with Crippen molar-refractivity contribution in [3.8, 4) is 11.5 Å². The lowest BCUT2D eigenvalue weighted by Crippen LogP contribution is -2.34. The average molecular weight is 375 g/mol. The maximum Gasteiger partial charge on any atom is 0.161 e. The summed E-state index contributed by atoms with van der Waals surface area (Å²) in [4.78, 5) is 0. The molecule has 0 spiro atoms. The minimum absolute atomic E-state index is 0.705. The molecule has 2 aliphatic carbocycles. The molecule has 1 N–H and O–H groups in total. The second-order valence-corrected chi connectivity index (χ2v) is 8.86. The molecular weight excluding hydrogens is 336 g/mol. The Balaban J connectivity index is 1.55. The number of hydrogen-bond acceptors (Lipinski definition) is 3. The van der Waals surface area contributed by atoms with E-state index in [0.717, 1.165) is 54.7 Å². The molecule has 0 radical (unpaired) electrons. The Morgan fingerprint density at radius 2 is 1.56 bits per heavy atom. The van der Waals surface area contributed by atoms with Crippen molar-refractivity contribution in [2.24, 2.45) is 17.8 Å². The topological polar surface area (TPSA) is 38.7 Å². The standard InChI is InChI=1S/C24H38O3/c1-4-5-6-18-7-9-19(10-8-18)20-13-15-24(25,16-14-20)21-11-12-22(26-2)23(17-21)27-3/h11-12,17-20,25H,4-10,13-16H2,1-3H3. The van der Waals surface area contributed by atoms with E-state index in [1.165, 1.54) is 44.9 Å². The Hall–Kier alpha value is -1.22. The van der Waals surface area contributed by atoms with Crippen LogP contribution < -0.4 is 9.47 Å². The summed E-state index contributed by atoms with van der Waals surface area (Å²) in [5, 5.41) is 11.3. The minimum Gasteiger partial charge on any atom is -0.493 e. The zero-order chi connectivity index (χ0) is 19.3. The van der Waals surface area contributed by atoms with Gasteiger partial charge in [0.1, 0.15) is 0 Å². The van der Waals surface area contributed by atoms with Crippen LogP contribution in [0.2, 0.25) is 0 Å². The fraction of sp³-hybridized carbons (Fsp3) is 0.750. The molecule has 0 aromatic heterocycles. The van der Waals surface area contributed by atoms with Crippen molar-refractivity contribution in [2.75, 3.05) is 14.2 Å². The molecule has 2 aliphatic rings. The summed E-state index contributed by atoms with van der Waals surface area (Å²) in [6, 6.07) is 5.87. The summed E-state index contributed by atoms with van der Waals surface area (Å²) in [5.74, 6) is 4.10. The molecule has 1 aromatic rings. The second-order valence-electron chi connectivity index (χ2n) is 8.86. The van der Waals surface area contributed by atoms with E-state index in [4.69, 9.17) is 9.47 Å².